The second kappa shape index (κ2) is 7.35. The monoisotopic (exact) mass is 382 g/mol. The maximum absolute atomic E-state index is 13.4. The molecule has 1 aromatic heterocycles. The molecule has 0 bridgehead atoms. The van der Waals surface area contributed by atoms with E-state index < -0.39 is 5.54 Å². The average molecular weight is 382 g/mol. The quantitative estimate of drug-likeness (QED) is 0.787. The van der Waals surface area contributed by atoms with Crippen LogP contribution in [0.1, 0.15) is 30.1 Å². The molecule has 4 rings (SSSR count). The summed E-state index contributed by atoms with van der Waals surface area (Å²) in [6, 6.07) is 9.86. The van der Waals surface area contributed by atoms with Crippen LogP contribution in [0, 0.1) is 6.92 Å². The van der Waals surface area contributed by atoms with Gasteiger partial charge in [-0.15, -0.1) is 0 Å². The van der Waals surface area contributed by atoms with Crippen molar-refractivity contribution in [3.8, 4) is 0 Å². The van der Waals surface area contributed by atoms with Crippen molar-refractivity contribution >= 4 is 11.9 Å². The molecule has 2 aromatic rings. The maximum Gasteiger partial charge on any atom is 0.328 e. The highest BCUT2D eigenvalue weighted by Crippen LogP contribution is 2.36. The summed E-state index contributed by atoms with van der Waals surface area (Å²) >= 11 is 0. The summed E-state index contributed by atoms with van der Waals surface area (Å²) in [5.74, 6) is 1.15. The number of urea groups is 1. The van der Waals surface area contributed by atoms with Gasteiger partial charge in [-0.05, 0) is 44.8 Å². The van der Waals surface area contributed by atoms with Crippen LogP contribution >= 0.6 is 0 Å². The maximum atomic E-state index is 13.4. The molecule has 1 spiro atoms. The van der Waals surface area contributed by atoms with Crippen LogP contribution in [0.25, 0.3) is 0 Å². The van der Waals surface area contributed by atoms with Gasteiger partial charge in [-0.1, -0.05) is 30.3 Å². The molecule has 8 heteroatoms. The predicted octanol–water partition coefficient (Wildman–Crippen LogP) is 1.25. The molecule has 0 unspecified atom stereocenters. The van der Waals surface area contributed by atoms with Gasteiger partial charge in [0, 0.05) is 13.6 Å². The molecule has 0 radical (unpaired) electrons. The molecule has 2 aliphatic rings. The Balaban J connectivity index is 1.60. The van der Waals surface area contributed by atoms with E-state index in [2.05, 4.69) is 27.5 Å². The van der Waals surface area contributed by atoms with E-state index in [1.807, 2.05) is 18.2 Å². The highest BCUT2D eigenvalue weighted by atomic mass is 16.2. The van der Waals surface area contributed by atoms with E-state index in [0.717, 1.165) is 25.1 Å². The van der Waals surface area contributed by atoms with Crippen molar-refractivity contribution in [3.05, 3.63) is 47.5 Å². The minimum absolute atomic E-state index is 0.104. The van der Waals surface area contributed by atoms with Crippen molar-refractivity contribution in [1.29, 1.82) is 0 Å². The minimum atomic E-state index is -0.745. The zero-order valence-corrected chi connectivity index (χ0v) is 16.4. The van der Waals surface area contributed by atoms with Crippen LogP contribution in [0.3, 0.4) is 0 Å². The summed E-state index contributed by atoms with van der Waals surface area (Å²) in [5, 5.41) is 7.54. The van der Waals surface area contributed by atoms with Crippen molar-refractivity contribution in [1.82, 2.24) is 29.9 Å². The van der Waals surface area contributed by atoms with Gasteiger partial charge in [-0.3, -0.25) is 14.4 Å². The Labute approximate surface area is 164 Å². The van der Waals surface area contributed by atoms with E-state index in [4.69, 9.17) is 0 Å². The van der Waals surface area contributed by atoms with Gasteiger partial charge in [0.1, 0.15) is 17.2 Å². The largest absolute Gasteiger partial charge is 0.328 e. The number of hydrogen-bond donors (Lipinski definition) is 1. The number of aromatic nitrogens is 3. The van der Waals surface area contributed by atoms with E-state index in [9.17, 15) is 9.59 Å². The fourth-order valence-corrected chi connectivity index (χ4v) is 4.28. The molecule has 0 aliphatic carbocycles. The molecule has 1 aromatic carbocycles. The molecule has 2 saturated heterocycles. The summed E-state index contributed by atoms with van der Waals surface area (Å²) in [5.41, 5.74) is 0.416. The van der Waals surface area contributed by atoms with Gasteiger partial charge in [0.15, 0.2) is 0 Å². The van der Waals surface area contributed by atoms with Crippen LogP contribution in [0.5, 0.6) is 0 Å². The second-order valence-corrected chi connectivity index (χ2v) is 7.54. The Hall–Kier alpha value is -2.74. The number of benzene rings is 1. The Bertz CT molecular complexity index is 872. The first kappa shape index (κ1) is 18.6. The Morgan fingerprint density at radius 3 is 2.50 bits per heavy atom. The number of aryl methyl sites for hydroxylation is 2. The molecule has 28 heavy (non-hydrogen) atoms. The number of amides is 3. The number of imide groups is 1. The van der Waals surface area contributed by atoms with E-state index in [0.29, 0.717) is 31.0 Å². The number of nitrogens with zero attached hydrogens (tertiary/aromatic N) is 5. The van der Waals surface area contributed by atoms with Gasteiger partial charge in [0.2, 0.25) is 0 Å². The lowest BCUT2D eigenvalue weighted by molar-refractivity contribution is -0.135. The standard InChI is InChI=1S/C20H26N6O2/c1-15-22-17(24(2)23-15)14-25-18(27)20(9-11-21-12-10-20)26(19(25)28)13-8-16-6-4-3-5-7-16/h3-7,21H,8-14H2,1-2H3. The van der Waals surface area contributed by atoms with Gasteiger partial charge >= 0.3 is 6.03 Å². The summed E-state index contributed by atoms with van der Waals surface area (Å²) < 4.78 is 1.64. The predicted molar refractivity (Wildman–Crippen MR) is 103 cm³/mol. The van der Waals surface area contributed by atoms with Crippen molar-refractivity contribution in [2.24, 2.45) is 7.05 Å². The first-order chi connectivity index (χ1) is 13.5. The van der Waals surface area contributed by atoms with E-state index >= 15 is 0 Å². The van der Waals surface area contributed by atoms with Gasteiger partial charge in [-0.2, -0.15) is 5.10 Å². The summed E-state index contributed by atoms with van der Waals surface area (Å²) in [7, 11) is 1.79. The zero-order valence-electron chi connectivity index (χ0n) is 16.4. The number of piperidine rings is 1. The van der Waals surface area contributed by atoms with E-state index in [-0.39, 0.29) is 18.5 Å². The SMILES string of the molecule is Cc1nc(CN2C(=O)N(CCc3ccccc3)C3(CCNCC3)C2=O)n(C)n1. The van der Waals surface area contributed by atoms with Crippen LogP contribution in [-0.4, -0.2) is 61.7 Å². The molecular weight excluding hydrogens is 356 g/mol. The summed E-state index contributed by atoms with van der Waals surface area (Å²) in [4.78, 5) is 34.2. The number of carbonyl (C=O) groups excluding carboxylic acids is 2. The van der Waals surface area contributed by atoms with Crippen LogP contribution in [0.2, 0.25) is 0 Å². The molecule has 0 saturated carbocycles. The lowest BCUT2D eigenvalue weighted by Gasteiger charge is -2.38. The average Bonchev–Trinajstić information content (AvgIpc) is 3.11. The molecular formula is C20H26N6O2. The number of nitrogens with one attached hydrogen (secondary N) is 1. The van der Waals surface area contributed by atoms with Crippen LogP contribution < -0.4 is 5.32 Å². The van der Waals surface area contributed by atoms with E-state index in [1.165, 1.54) is 4.90 Å². The molecule has 3 heterocycles. The summed E-state index contributed by atoms with van der Waals surface area (Å²) in [6.07, 6.45) is 2.01. The van der Waals surface area contributed by atoms with Crippen molar-refractivity contribution in [2.75, 3.05) is 19.6 Å². The van der Waals surface area contributed by atoms with E-state index in [1.54, 1.807) is 23.6 Å². The topological polar surface area (TPSA) is 83.4 Å². The van der Waals surface area contributed by atoms with Crippen molar-refractivity contribution < 1.29 is 9.59 Å². The van der Waals surface area contributed by atoms with Crippen LogP contribution in [0.15, 0.2) is 30.3 Å². The fourth-order valence-electron chi connectivity index (χ4n) is 4.28. The first-order valence-corrected chi connectivity index (χ1v) is 9.76. The lowest BCUT2D eigenvalue weighted by atomic mass is 9.86. The Morgan fingerprint density at radius 2 is 1.86 bits per heavy atom. The third kappa shape index (κ3) is 3.17. The molecule has 8 nitrogen and oxygen atoms in total. The molecule has 2 aliphatic heterocycles. The second-order valence-electron chi connectivity index (χ2n) is 7.54. The minimum Gasteiger partial charge on any atom is -0.317 e. The number of hydrogen-bond acceptors (Lipinski definition) is 5. The van der Waals surface area contributed by atoms with Gasteiger partial charge in [-0.25, -0.2) is 9.78 Å². The first-order valence-electron chi connectivity index (χ1n) is 9.76. The molecule has 3 amide bonds. The van der Waals surface area contributed by atoms with Gasteiger partial charge < -0.3 is 10.2 Å². The summed E-state index contributed by atoms with van der Waals surface area (Å²) in [6.45, 7) is 3.96. The Kier molecular flexibility index (Phi) is 4.89. The van der Waals surface area contributed by atoms with Crippen molar-refractivity contribution in [2.45, 2.75) is 38.3 Å². The molecule has 148 valence electrons. The highest BCUT2D eigenvalue weighted by molar-refractivity contribution is 6.07. The fraction of sp³-hybridized carbons (Fsp3) is 0.500. The number of carbonyl (C=O) groups is 2. The molecule has 2 fully saturated rings. The third-order valence-electron chi connectivity index (χ3n) is 5.78. The number of rotatable bonds is 5. The molecule has 1 N–H and O–H groups in total. The van der Waals surface area contributed by atoms with Crippen LogP contribution in [0.4, 0.5) is 4.79 Å². The van der Waals surface area contributed by atoms with Crippen LogP contribution in [-0.2, 0) is 24.8 Å². The van der Waals surface area contributed by atoms with Gasteiger partial charge in [0.05, 0.1) is 6.54 Å². The lowest BCUT2D eigenvalue weighted by Crippen LogP contribution is -2.56. The third-order valence-corrected chi connectivity index (χ3v) is 5.78. The smallest absolute Gasteiger partial charge is 0.317 e. The highest BCUT2D eigenvalue weighted by Gasteiger charge is 2.57. The molecule has 0 atom stereocenters. The zero-order chi connectivity index (χ0) is 19.7. The van der Waals surface area contributed by atoms with Gasteiger partial charge in [0.25, 0.3) is 5.91 Å². The Morgan fingerprint density at radius 1 is 1.14 bits per heavy atom. The normalized spacial score (nSPS) is 19.1. The van der Waals surface area contributed by atoms with Crippen molar-refractivity contribution in [3.63, 3.8) is 0 Å².